The molecule has 0 saturated heterocycles. The number of benzene rings is 1. The first-order valence-electron chi connectivity index (χ1n) is 6.88. The number of aromatic carboxylic acids is 1. The lowest BCUT2D eigenvalue weighted by Gasteiger charge is -2.18. The van der Waals surface area contributed by atoms with Gasteiger partial charge in [-0.05, 0) is 37.1 Å². The minimum absolute atomic E-state index is 0.380. The van der Waals surface area contributed by atoms with Gasteiger partial charge in [0.2, 0.25) is 0 Å². The van der Waals surface area contributed by atoms with E-state index in [1.54, 1.807) is 6.26 Å². The van der Waals surface area contributed by atoms with Crippen LogP contribution in [0.4, 0.5) is 0 Å². The molecule has 0 bridgehead atoms. The fourth-order valence-corrected chi connectivity index (χ4v) is 3.11. The molecule has 21 heavy (non-hydrogen) atoms. The Hall–Kier alpha value is -2.62. The number of aryl methyl sites for hydroxylation is 2. The highest BCUT2D eigenvalue weighted by Crippen LogP contribution is 2.37. The van der Waals surface area contributed by atoms with Gasteiger partial charge in [0.05, 0.1) is 23.0 Å². The summed E-state index contributed by atoms with van der Waals surface area (Å²) in [5, 5.41) is 10.4. The van der Waals surface area contributed by atoms with Crippen molar-refractivity contribution in [3.63, 3.8) is 0 Å². The van der Waals surface area contributed by atoms with Crippen molar-refractivity contribution in [2.75, 3.05) is 0 Å². The van der Waals surface area contributed by atoms with E-state index < -0.39 is 5.97 Å². The zero-order chi connectivity index (χ0) is 14.6. The van der Waals surface area contributed by atoms with Crippen molar-refractivity contribution in [1.29, 1.82) is 0 Å². The molecule has 2 heterocycles. The predicted octanol–water partition coefficient (Wildman–Crippen LogP) is 3.60. The van der Waals surface area contributed by atoms with Gasteiger partial charge in [0.15, 0.2) is 0 Å². The van der Waals surface area contributed by atoms with Gasteiger partial charge in [-0.25, -0.2) is 9.78 Å². The third-order valence-corrected chi connectivity index (χ3v) is 4.06. The van der Waals surface area contributed by atoms with Crippen LogP contribution in [0.25, 0.3) is 22.2 Å². The van der Waals surface area contributed by atoms with Gasteiger partial charge in [-0.2, -0.15) is 0 Å². The molecular formula is C17H13NO3. The molecule has 0 saturated carbocycles. The molecule has 4 rings (SSSR count). The molecule has 0 unspecified atom stereocenters. The number of carboxylic acids is 1. The fourth-order valence-electron chi connectivity index (χ4n) is 3.11. The molecule has 0 fully saturated rings. The molecule has 1 N–H and O–H groups in total. The molecule has 0 amide bonds. The molecule has 3 aromatic rings. The van der Waals surface area contributed by atoms with Gasteiger partial charge < -0.3 is 9.52 Å². The van der Waals surface area contributed by atoms with Gasteiger partial charge in [-0.15, -0.1) is 0 Å². The number of hydrogen-bond acceptors (Lipinski definition) is 3. The Morgan fingerprint density at radius 3 is 2.95 bits per heavy atom. The number of carboxylic acid groups (broad SMARTS) is 1. The van der Waals surface area contributed by atoms with Crippen LogP contribution in [0.3, 0.4) is 0 Å². The van der Waals surface area contributed by atoms with E-state index in [1.165, 1.54) is 0 Å². The Labute approximate surface area is 121 Å². The molecule has 0 atom stereocenters. The second kappa shape index (κ2) is 4.19. The monoisotopic (exact) mass is 279 g/mol. The Morgan fingerprint density at radius 2 is 2.14 bits per heavy atom. The molecule has 1 aromatic carbocycles. The third-order valence-electron chi connectivity index (χ3n) is 4.06. The van der Waals surface area contributed by atoms with E-state index in [2.05, 4.69) is 0 Å². The van der Waals surface area contributed by atoms with Crippen LogP contribution < -0.4 is 0 Å². The maximum Gasteiger partial charge on any atom is 0.336 e. The van der Waals surface area contributed by atoms with Crippen LogP contribution in [0.5, 0.6) is 0 Å². The zero-order valence-corrected chi connectivity index (χ0v) is 11.5. The molecule has 1 aliphatic carbocycles. The number of nitrogens with zero attached hydrogens (tertiary/aromatic N) is 1. The second-order valence-electron chi connectivity index (χ2n) is 5.40. The highest BCUT2D eigenvalue weighted by atomic mass is 16.4. The van der Waals surface area contributed by atoms with Crippen LogP contribution in [0.2, 0.25) is 0 Å². The van der Waals surface area contributed by atoms with Crippen LogP contribution in [-0.2, 0) is 12.8 Å². The third kappa shape index (κ3) is 1.69. The van der Waals surface area contributed by atoms with Crippen molar-refractivity contribution in [2.45, 2.75) is 19.8 Å². The highest BCUT2D eigenvalue weighted by Gasteiger charge is 2.26. The van der Waals surface area contributed by atoms with E-state index in [0.29, 0.717) is 29.3 Å². The van der Waals surface area contributed by atoms with Crippen molar-refractivity contribution in [3.8, 4) is 11.3 Å². The van der Waals surface area contributed by atoms with E-state index in [4.69, 9.17) is 9.40 Å². The first-order chi connectivity index (χ1) is 10.1. The number of carbonyl (C=O) groups is 1. The van der Waals surface area contributed by atoms with Crippen LogP contribution in [0.1, 0.15) is 27.2 Å². The van der Waals surface area contributed by atoms with Crippen molar-refractivity contribution >= 4 is 16.9 Å². The van der Waals surface area contributed by atoms with Gasteiger partial charge in [0.1, 0.15) is 5.76 Å². The number of aromatic nitrogens is 1. The standard InChI is InChI=1S/C17H13NO3/c1-9-2-4-13-12(8-9)15(17(19)20)11-3-5-14-10(6-7-21-14)16(11)18-13/h2,4,6-8H,3,5H2,1H3,(H,19,20). The lowest BCUT2D eigenvalue weighted by molar-refractivity contribution is 0.0697. The SMILES string of the molecule is Cc1ccc2nc3c(c(C(=O)O)c2c1)CCc1occc1-3. The van der Waals surface area contributed by atoms with Gasteiger partial charge >= 0.3 is 5.97 Å². The van der Waals surface area contributed by atoms with Gasteiger partial charge in [-0.1, -0.05) is 11.6 Å². The predicted molar refractivity (Wildman–Crippen MR) is 78.5 cm³/mol. The molecule has 1 aliphatic rings. The average Bonchev–Trinajstić information content (AvgIpc) is 2.93. The van der Waals surface area contributed by atoms with Gasteiger partial charge in [-0.3, -0.25) is 0 Å². The Balaban J connectivity index is 2.15. The molecule has 104 valence electrons. The Bertz CT molecular complexity index is 892. The number of hydrogen-bond donors (Lipinski definition) is 1. The van der Waals surface area contributed by atoms with E-state index in [9.17, 15) is 9.90 Å². The minimum Gasteiger partial charge on any atom is -0.478 e. The average molecular weight is 279 g/mol. The molecule has 2 aromatic heterocycles. The quantitative estimate of drug-likeness (QED) is 0.739. The summed E-state index contributed by atoms with van der Waals surface area (Å²) in [4.78, 5) is 16.5. The maximum absolute atomic E-state index is 11.8. The first kappa shape index (κ1) is 12.1. The summed E-state index contributed by atoms with van der Waals surface area (Å²) >= 11 is 0. The van der Waals surface area contributed by atoms with Crippen LogP contribution >= 0.6 is 0 Å². The van der Waals surface area contributed by atoms with E-state index >= 15 is 0 Å². The second-order valence-corrected chi connectivity index (χ2v) is 5.40. The molecular weight excluding hydrogens is 266 g/mol. The number of pyridine rings is 1. The lowest BCUT2D eigenvalue weighted by atomic mass is 9.88. The number of fused-ring (bicyclic) bond motifs is 4. The summed E-state index contributed by atoms with van der Waals surface area (Å²) in [6.45, 7) is 1.96. The smallest absolute Gasteiger partial charge is 0.336 e. The van der Waals surface area contributed by atoms with Crippen LogP contribution in [0.15, 0.2) is 34.9 Å². The largest absolute Gasteiger partial charge is 0.478 e. The topological polar surface area (TPSA) is 63.3 Å². The number of rotatable bonds is 1. The van der Waals surface area contributed by atoms with Crippen molar-refractivity contribution < 1.29 is 14.3 Å². The van der Waals surface area contributed by atoms with Crippen molar-refractivity contribution in [1.82, 2.24) is 4.98 Å². The Morgan fingerprint density at radius 1 is 1.29 bits per heavy atom. The summed E-state index contributed by atoms with van der Waals surface area (Å²) in [7, 11) is 0. The normalized spacial score (nSPS) is 13.0. The number of furan rings is 1. The van der Waals surface area contributed by atoms with E-state index in [0.717, 1.165) is 28.1 Å². The first-order valence-corrected chi connectivity index (χ1v) is 6.88. The summed E-state index contributed by atoms with van der Waals surface area (Å²) in [6.07, 6.45) is 3.00. The van der Waals surface area contributed by atoms with Gasteiger partial charge in [0.25, 0.3) is 0 Å². The fraction of sp³-hybridized carbons (Fsp3) is 0.176. The molecule has 4 nitrogen and oxygen atoms in total. The maximum atomic E-state index is 11.8. The van der Waals surface area contributed by atoms with E-state index in [1.807, 2.05) is 31.2 Å². The van der Waals surface area contributed by atoms with Crippen molar-refractivity contribution in [3.05, 3.63) is 53.0 Å². The molecule has 0 radical (unpaired) electrons. The van der Waals surface area contributed by atoms with E-state index in [-0.39, 0.29) is 0 Å². The van der Waals surface area contributed by atoms with Crippen LogP contribution in [0, 0.1) is 6.92 Å². The van der Waals surface area contributed by atoms with Crippen LogP contribution in [-0.4, -0.2) is 16.1 Å². The minimum atomic E-state index is -0.892. The van der Waals surface area contributed by atoms with Gasteiger partial charge in [0, 0.05) is 17.4 Å². The van der Waals surface area contributed by atoms with Crippen molar-refractivity contribution in [2.24, 2.45) is 0 Å². The molecule has 0 spiro atoms. The summed E-state index contributed by atoms with van der Waals surface area (Å²) in [5.41, 5.74) is 4.61. The Kier molecular flexibility index (Phi) is 2.42. The summed E-state index contributed by atoms with van der Waals surface area (Å²) < 4.78 is 5.46. The summed E-state index contributed by atoms with van der Waals surface area (Å²) in [5.74, 6) is -0.00556. The highest BCUT2D eigenvalue weighted by molar-refractivity contribution is 6.06. The molecule has 0 aliphatic heterocycles. The zero-order valence-electron chi connectivity index (χ0n) is 11.5. The molecule has 4 heteroatoms. The summed E-state index contributed by atoms with van der Waals surface area (Å²) in [6, 6.07) is 7.60. The lowest BCUT2D eigenvalue weighted by Crippen LogP contribution is -2.12.